The maximum Gasteiger partial charge on any atom is 0.353 e. The molecule has 2 aromatic heterocycles. The Morgan fingerprint density at radius 2 is 2.00 bits per heavy atom. The van der Waals surface area contributed by atoms with Crippen LogP contribution in [0.15, 0.2) is 65.3 Å². The van der Waals surface area contributed by atoms with Crippen molar-refractivity contribution in [1.82, 2.24) is 10.4 Å². The minimum atomic E-state index is -0.443. The van der Waals surface area contributed by atoms with Crippen LogP contribution in [0.3, 0.4) is 0 Å². The molecule has 8 heteroatoms. The number of amides is 1. The minimum absolute atomic E-state index is 0.318. The number of pyridine rings is 1. The Morgan fingerprint density at radius 1 is 1.18 bits per heavy atom. The summed E-state index contributed by atoms with van der Waals surface area (Å²) in [6.45, 7) is 2.24. The van der Waals surface area contributed by atoms with E-state index in [9.17, 15) is 9.59 Å². The van der Waals surface area contributed by atoms with Crippen molar-refractivity contribution in [2.45, 2.75) is 6.92 Å². The standard InChI is InChI=1S/C20H17N3O4S/c1-2-26-17-12-14(13-22-23-19(24)15-7-9-21-10-8-15)5-6-16(17)27-20(25)18-4-3-11-28-18/h3-13H,2H2,1H3,(H,23,24)/b22-13-. The highest BCUT2D eigenvalue weighted by atomic mass is 32.1. The second kappa shape index (κ2) is 9.43. The highest BCUT2D eigenvalue weighted by Crippen LogP contribution is 2.29. The van der Waals surface area contributed by atoms with Crippen molar-refractivity contribution in [2.24, 2.45) is 5.10 Å². The Hall–Kier alpha value is -3.52. The number of ether oxygens (including phenoxy) is 2. The van der Waals surface area contributed by atoms with E-state index < -0.39 is 5.97 Å². The summed E-state index contributed by atoms with van der Waals surface area (Å²) in [5.74, 6) is -0.0535. The average molecular weight is 395 g/mol. The third kappa shape index (κ3) is 5.01. The Kier molecular flexibility index (Phi) is 6.48. The molecular weight excluding hydrogens is 378 g/mol. The van der Waals surface area contributed by atoms with Gasteiger partial charge in [-0.05, 0) is 54.3 Å². The van der Waals surface area contributed by atoms with Gasteiger partial charge in [-0.25, -0.2) is 10.2 Å². The zero-order valence-electron chi connectivity index (χ0n) is 15.0. The van der Waals surface area contributed by atoms with Gasteiger partial charge in [-0.3, -0.25) is 9.78 Å². The summed E-state index contributed by atoms with van der Waals surface area (Å²) in [5, 5.41) is 5.75. The van der Waals surface area contributed by atoms with E-state index in [2.05, 4.69) is 15.5 Å². The molecule has 1 aromatic carbocycles. The number of carbonyl (C=O) groups is 2. The molecule has 0 fully saturated rings. The Morgan fingerprint density at radius 3 is 2.71 bits per heavy atom. The zero-order valence-corrected chi connectivity index (χ0v) is 15.8. The lowest BCUT2D eigenvalue weighted by atomic mass is 10.2. The summed E-state index contributed by atoms with van der Waals surface area (Å²) >= 11 is 1.30. The summed E-state index contributed by atoms with van der Waals surface area (Å²) in [5.41, 5.74) is 3.57. The van der Waals surface area contributed by atoms with Gasteiger partial charge in [0.1, 0.15) is 4.88 Å². The molecule has 1 amide bonds. The predicted octanol–water partition coefficient (Wildman–Crippen LogP) is 3.52. The van der Waals surface area contributed by atoms with Gasteiger partial charge in [-0.15, -0.1) is 11.3 Å². The fourth-order valence-corrected chi connectivity index (χ4v) is 2.83. The number of hydrogen-bond donors (Lipinski definition) is 1. The van der Waals surface area contributed by atoms with E-state index in [1.165, 1.54) is 29.9 Å². The number of nitrogens with zero attached hydrogens (tertiary/aromatic N) is 2. The average Bonchev–Trinajstić information content (AvgIpc) is 3.25. The molecule has 0 saturated carbocycles. The van der Waals surface area contributed by atoms with Crippen molar-refractivity contribution in [3.63, 3.8) is 0 Å². The number of rotatable bonds is 7. The molecule has 0 aliphatic rings. The van der Waals surface area contributed by atoms with Crippen LogP contribution in [0, 0.1) is 0 Å². The van der Waals surface area contributed by atoms with Crippen molar-refractivity contribution >= 4 is 29.4 Å². The number of benzene rings is 1. The molecule has 0 spiro atoms. The summed E-state index contributed by atoms with van der Waals surface area (Å²) in [6.07, 6.45) is 4.54. The highest BCUT2D eigenvalue weighted by Gasteiger charge is 2.14. The highest BCUT2D eigenvalue weighted by molar-refractivity contribution is 7.12. The quantitative estimate of drug-likeness (QED) is 0.286. The number of carbonyl (C=O) groups excluding carboxylic acids is 2. The third-order valence-electron chi connectivity index (χ3n) is 3.51. The van der Waals surface area contributed by atoms with Gasteiger partial charge in [0.2, 0.25) is 0 Å². The summed E-state index contributed by atoms with van der Waals surface area (Å²) < 4.78 is 11.0. The van der Waals surface area contributed by atoms with E-state index in [0.717, 1.165) is 0 Å². The van der Waals surface area contributed by atoms with Crippen LogP contribution in [0.25, 0.3) is 0 Å². The van der Waals surface area contributed by atoms with Crippen molar-refractivity contribution in [2.75, 3.05) is 6.61 Å². The van der Waals surface area contributed by atoms with Crippen LogP contribution in [0.2, 0.25) is 0 Å². The topological polar surface area (TPSA) is 89.9 Å². The molecule has 0 aliphatic carbocycles. The molecule has 0 unspecified atom stereocenters. The summed E-state index contributed by atoms with van der Waals surface area (Å²) in [7, 11) is 0. The van der Waals surface area contributed by atoms with Crippen LogP contribution >= 0.6 is 11.3 Å². The second-order valence-electron chi connectivity index (χ2n) is 5.44. The third-order valence-corrected chi connectivity index (χ3v) is 4.36. The number of hydrazone groups is 1. The van der Waals surface area contributed by atoms with Gasteiger partial charge >= 0.3 is 5.97 Å². The maximum absolute atomic E-state index is 12.2. The van der Waals surface area contributed by atoms with E-state index in [1.54, 1.807) is 47.8 Å². The normalized spacial score (nSPS) is 10.6. The van der Waals surface area contributed by atoms with Crippen LogP contribution in [0.5, 0.6) is 11.5 Å². The predicted molar refractivity (Wildman–Crippen MR) is 106 cm³/mol. The van der Waals surface area contributed by atoms with Crippen molar-refractivity contribution in [1.29, 1.82) is 0 Å². The lowest BCUT2D eigenvalue weighted by molar-refractivity contribution is 0.0733. The van der Waals surface area contributed by atoms with E-state index in [4.69, 9.17) is 9.47 Å². The summed E-state index contributed by atoms with van der Waals surface area (Å²) in [4.78, 5) is 28.5. The molecule has 0 saturated heterocycles. The number of aromatic nitrogens is 1. The first-order chi connectivity index (χ1) is 13.7. The van der Waals surface area contributed by atoms with Crippen molar-refractivity contribution in [3.8, 4) is 11.5 Å². The number of nitrogens with one attached hydrogen (secondary N) is 1. The number of hydrogen-bond acceptors (Lipinski definition) is 7. The molecule has 0 aliphatic heterocycles. The van der Waals surface area contributed by atoms with Gasteiger partial charge in [0.25, 0.3) is 5.91 Å². The largest absolute Gasteiger partial charge is 0.490 e. The Bertz CT molecular complexity index is 972. The van der Waals surface area contributed by atoms with E-state index in [-0.39, 0.29) is 5.91 Å². The maximum atomic E-state index is 12.2. The van der Waals surface area contributed by atoms with Gasteiger partial charge in [-0.1, -0.05) is 6.07 Å². The van der Waals surface area contributed by atoms with E-state index in [1.807, 2.05) is 6.92 Å². The van der Waals surface area contributed by atoms with Gasteiger partial charge in [0.05, 0.1) is 12.8 Å². The summed E-state index contributed by atoms with van der Waals surface area (Å²) in [6, 6.07) is 11.7. The monoisotopic (exact) mass is 395 g/mol. The molecule has 0 radical (unpaired) electrons. The molecule has 0 atom stereocenters. The number of esters is 1. The molecule has 3 aromatic rings. The first-order valence-corrected chi connectivity index (χ1v) is 9.31. The van der Waals surface area contributed by atoms with Crippen LogP contribution in [0.1, 0.15) is 32.5 Å². The van der Waals surface area contributed by atoms with Crippen molar-refractivity contribution in [3.05, 3.63) is 76.2 Å². The zero-order chi connectivity index (χ0) is 19.8. The molecule has 0 bridgehead atoms. The van der Waals surface area contributed by atoms with E-state index in [0.29, 0.717) is 34.1 Å². The SMILES string of the molecule is CCOc1cc(/C=N\NC(=O)c2ccncc2)ccc1OC(=O)c1cccs1. The first-order valence-electron chi connectivity index (χ1n) is 8.43. The van der Waals surface area contributed by atoms with Crippen LogP contribution < -0.4 is 14.9 Å². The van der Waals surface area contributed by atoms with Gasteiger partial charge < -0.3 is 9.47 Å². The van der Waals surface area contributed by atoms with Crippen LogP contribution in [-0.2, 0) is 0 Å². The molecule has 1 N–H and O–H groups in total. The smallest absolute Gasteiger partial charge is 0.353 e. The minimum Gasteiger partial charge on any atom is -0.490 e. The van der Waals surface area contributed by atoms with Gasteiger partial charge in [0.15, 0.2) is 11.5 Å². The van der Waals surface area contributed by atoms with Crippen LogP contribution in [0.4, 0.5) is 0 Å². The second-order valence-corrected chi connectivity index (χ2v) is 6.39. The van der Waals surface area contributed by atoms with Crippen molar-refractivity contribution < 1.29 is 19.1 Å². The molecule has 7 nitrogen and oxygen atoms in total. The van der Waals surface area contributed by atoms with Gasteiger partial charge in [-0.2, -0.15) is 5.10 Å². The van der Waals surface area contributed by atoms with Gasteiger partial charge in [0, 0.05) is 18.0 Å². The molecule has 142 valence electrons. The fraction of sp³-hybridized carbons (Fsp3) is 0.100. The molecule has 2 heterocycles. The van der Waals surface area contributed by atoms with Crippen LogP contribution in [-0.4, -0.2) is 29.7 Å². The lowest BCUT2D eigenvalue weighted by Gasteiger charge is -2.10. The molecule has 28 heavy (non-hydrogen) atoms. The fourth-order valence-electron chi connectivity index (χ4n) is 2.24. The Labute approximate surface area is 165 Å². The Balaban J connectivity index is 1.69. The first kappa shape index (κ1) is 19.2. The molecule has 3 rings (SSSR count). The van der Waals surface area contributed by atoms with E-state index >= 15 is 0 Å². The number of thiophene rings is 1. The lowest BCUT2D eigenvalue weighted by Crippen LogP contribution is -2.17. The molecular formula is C20H17N3O4S.